The number of benzene rings is 2. The zero-order valence-electron chi connectivity index (χ0n) is 15.3. The average Bonchev–Trinajstić information content (AvgIpc) is 2.66. The van der Waals surface area contributed by atoms with Crippen LogP contribution in [0.4, 0.5) is 5.69 Å². The molecule has 3 aromatic rings. The monoisotopic (exact) mass is 374 g/mol. The molecular formula is C22H18N2O4. The number of nitrogens with zero attached hydrogens (tertiary/aromatic N) is 2. The fraction of sp³-hybridized carbons (Fsp3) is 0.182. The van der Waals surface area contributed by atoms with Crippen molar-refractivity contribution in [1.82, 2.24) is 4.98 Å². The number of carbonyl (C=O) groups is 1. The summed E-state index contributed by atoms with van der Waals surface area (Å²) in [6.07, 6.45) is 3.38. The summed E-state index contributed by atoms with van der Waals surface area (Å²) in [7, 11) is 0. The van der Waals surface area contributed by atoms with Crippen LogP contribution in [0.15, 0.2) is 48.5 Å². The molecular weight excluding hydrogens is 356 g/mol. The van der Waals surface area contributed by atoms with E-state index in [2.05, 4.69) is 6.92 Å². The van der Waals surface area contributed by atoms with Crippen molar-refractivity contribution >= 4 is 34.2 Å². The fourth-order valence-corrected chi connectivity index (χ4v) is 3.87. The molecule has 1 heterocycles. The van der Waals surface area contributed by atoms with Gasteiger partial charge >= 0.3 is 5.97 Å². The summed E-state index contributed by atoms with van der Waals surface area (Å²) in [5.41, 5.74) is 4.27. The maximum atomic E-state index is 12.0. The van der Waals surface area contributed by atoms with Crippen molar-refractivity contribution in [3.05, 3.63) is 81.0 Å². The molecule has 1 aliphatic rings. The van der Waals surface area contributed by atoms with Crippen LogP contribution in [-0.4, -0.2) is 21.0 Å². The van der Waals surface area contributed by atoms with Crippen molar-refractivity contribution in [2.45, 2.75) is 19.8 Å². The molecule has 140 valence electrons. The van der Waals surface area contributed by atoms with Crippen LogP contribution in [-0.2, 0) is 6.42 Å². The first-order valence-corrected chi connectivity index (χ1v) is 9.04. The van der Waals surface area contributed by atoms with Crippen molar-refractivity contribution in [2.24, 2.45) is 5.92 Å². The minimum atomic E-state index is -0.946. The van der Waals surface area contributed by atoms with E-state index in [9.17, 15) is 20.0 Å². The number of allylic oxidation sites excluding steroid dienone is 1. The molecule has 0 spiro atoms. The van der Waals surface area contributed by atoms with Gasteiger partial charge in [-0.25, -0.2) is 9.78 Å². The summed E-state index contributed by atoms with van der Waals surface area (Å²) in [4.78, 5) is 27.3. The SMILES string of the molecule is CC1C/C(=C\c2ccc([N+](=O)[O-])cc2)c2nc3ccccc3c(C(=O)O)c2C1. The third kappa shape index (κ3) is 3.13. The van der Waals surface area contributed by atoms with Crippen LogP contribution in [0.2, 0.25) is 0 Å². The summed E-state index contributed by atoms with van der Waals surface area (Å²) in [5.74, 6) is -0.670. The molecule has 1 unspecified atom stereocenters. The highest BCUT2D eigenvalue weighted by Gasteiger charge is 2.27. The smallest absolute Gasteiger partial charge is 0.336 e. The lowest BCUT2D eigenvalue weighted by molar-refractivity contribution is -0.384. The van der Waals surface area contributed by atoms with E-state index in [4.69, 9.17) is 4.98 Å². The Morgan fingerprint density at radius 2 is 1.89 bits per heavy atom. The number of carboxylic acids is 1. The van der Waals surface area contributed by atoms with Gasteiger partial charge in [0.2, 0.25) is 0 Å². The van der Waals surface area contributed by atoms with Crippen LogP contribution < -0.4 is 0 Å². The van der Waals surface area contributed by atoms with Gasteiger partial charge in [-0.15, -0.1) is 0 Å². The normalized spacial score (nSPS) is 17.5. The Morgan fingerprint density at radius 1 is 1.18 bits per heavy atom. The van der Waals surface area contributed by atoms with Gasteiger partial charge in [0.25, 0.3) is 5.69 Å². The van der Waals surface area contributed by atoms with E-state index in [1.165, 1.54) is 12.1 Å². The second-order valence-electron chi connectivity index (χ2n) is 7.17. The highest BCUT2D eigenvalue weighted by Crippen LogP contribution is 2.38. The summed E-state index contributed by atoms with van der Waals surface area (Å²) in [5, 5.41) is 21.4. The molecule has 0 radical (unpaired) electrons. The van der Waals surface area contributed by atoms with E-state index in [0.29, 0.717) is 28.6 Å². The van der Waals surface area contributed by atoms with Gasteiger partial charge in [-0.05, 0) is 59.7 Å². The molecule has 28 heavy (non-hydrogen) atoms. The van der Waals surface area contributed by atoms with E-state index >= 15 is 0 Å². The van der Waals surface area contributed by atoms with E-state index in [1.54, 1.807) is 18.2 Å². The van der Waals surface area contributed by atoms with E-state index < -0.39 is 10.9 Å². The van der Waals surface area contributed by atoms with Crippen LogP contribution >= 0.6 is 0 Å². The Hall–Kier alpha value is -3.54. The quantitative estimate of drug-likeness (QED) is 0.516. The number of fused-ring (bicyclic) bond motifs is 2. The molecule has 1 N–H and O–H groups in total. The molecule has 0 amide bonds. The Kier molecular flexibility index (Phi) is 4.39. The first-order valence-electron chi connectivity index (χ1n) is 9.04. The third-order valence-corrected chi connectivity index (χ3v) is 5.08. The van der Waals surface area contributed by atoms with Crippen LogP contribution in [0, 0.1) is 16.0 Å². The molecule has 1 aliphatic carbocycles. The summed E-state index contributed by atoms with van der Waals surface area (Å²) in [6, 6.07) is 13.6. The van der Waals surface area contributed by atoms with Crippen LogP contribution in [0.1, 0.15) is 40.5 Å². The van der Waals surface area contributed by atoms with Gasteiger partial charge in [0, 0.05) is 17.5 Å². The average molecular weight is 374 g/mol. The van der Waals surface area contributed by atoms with Crippen molar-refractivity contribution < 1.29 is 14.8 Å². The van der Waals surface area contributed by atoms with Gasteiger partial charge in [-0.2, -0.15) is 0 Å². The number of aromatic carboxylic acids is 1. The van der Waals surface area contributed by atoms with Crippen LogP contribution in [0.25, 0.3) is 22.6 Å². The van der Waals surface area contributed by atoms with Gasteiger partial charge < -0.3 is 5.11 Å². The number of pyridine rings is 1. The second-order valence-corrected chi connectivity index (χ2v) is 7.17. The summed E-state index contributed by atoms with van der Waals surface area (Å²) >= 11 is 0. The molecule has 0 saturated carbocycles. The van der Waals surface area contributed by atoms with Gasteiger partial charge in [0.1, 0.15) is 0 Å². The standard InChI is InChI=1S/C22H18N2O4/c1-13-10-15(12-14-6-8-16(9-7-14)24(27)28)21-18(11-13)20(22(25)26)17-4-2-3-5-19(17)23-21/h2-9,12-13H,10-11H2,1H3,(H,25,26)/b15-12+. The largest absolute Gasteiger partial charge is 0.478 e. The number of hydrogen-bond donors (Lipinski definition) is 1. The first-order chi connectivity index (χ1) is 13.4. The van der Waals surface area contributed by atoms with E-state index in [0.717, 1.165) is 23.1 Å². The molecule has 4 rings (SSSR count). The van der Waals surface area contributed by atoms with E-state index in [-0.39, 0.29) is 11.6 Å². The number of carboxylic acid groups (broad SMARTS) is 1. The lowest BCUT2D eigenvalue weighted by Gasteiger charge is -2.26. The van der Waals surface area contributed by atoms with Gasteiger partial charge in [-0.1, -0.05) is 25.1 Å². The van der Waals surface area contributed by atoms with Crippen molar-refractivity contribution in [1.29, 1.82) is 0 Å². The lowest BCUT2D eigenvalue weighted by Crippen LogP contribution is -2.17. The van der Waals surface area contributed by atoms with Gasteiger partial charge in [-0.3, -0.25) is 10.1 Å². The van der Waals surface area contributed by atoms with Crippen molar-refractivity contribution in [3.8, 4) is 0 Å². The molecule has 0 fully saturated rings. The van der Waals surface area contributed by atoms with Crippen LogP contribution in [0.3, 0.4) is 0 Å². The van der Waals surface area contributed by atoms with Gasteiger partial charge in [0.05, 0.1) is 21.7 Å². The number of nitro benzene ring substituents is 1. The zero-order chi connectivity index (χ0) is 19.8. The van der Waals surface area contributed by atoms with Crippen molar-refractivity contribution in [2.75, 3.05) is 0 Å². The summed E-state index contributed by atoms with van der Waals surface area (Å²) < 4.78 is 0. The number of non-ortho nitro benzene ring substituents is 1. The third-order valence-electron chi connectivity index (χ3n) is 5.08. The molecule has 0 saturated heterocycles. The Bertz CT molecular complexity index is 1130. The topological polar surface area (TPSA) is 93.3 Å². The highest BCUT2D eigenvalue weighted by molar-refractivity contribution is 6.05. The predicted molar refractivity (Wildman–Crippen MR) is 107 cm³/mol. The number of rotatable bonds is 3. The van der Waals surface area contributed by atoms with Crippen molar-refractivity contribution in [3.63, 3.8) is 0 Å². The summed E-state index contributed by atoms with van der Waals surface area (Å²) in [6.45, 7) is 2.09. The Labute approximate surface area is 161 Å². The maximum absolute atomic E-state index is 12.0. The molecule has 1 aromatic heterocycles. The zero-order valence-corrected chi connectivity index (χ0v) is 15.3. The molecule has 1 atom stereocenters. The predicted octanol–water partition coefficient (Wildman–Crippen LogP) is 4.96. The molecule has 6 heteroatoms. The van der Waals surface area contributed by atoms with E-state index in [1.807, 2.05) is 24.3 Å². The number of hydrogen-bond acceptors (Lipinski definition) is 4. The molecule has 0 aliphatic heterocycles. The second kappa shape index (κ2) is 6.88. The number of nitro groups is 1. The Morgan fingerprint density at radius 3 is 2.57 bits per heavy atom. The molecule has 2 aromatic carbocycles. The fourth-order valence-electron chi connectivity index (χ4n) is 3.87. The minimum absolute atomic E-state index is 0.0387. The first kappa shape index (κ1) is 17.9. The molecule has 0 bridgehead atoms. The number of aromatic nitrogens is 1. The highest BCUT2D eigenvalue weighted by atomic mass is 16.6. The maximum Gasteiger partial charge on any atom is 0.336 e. The van der Waals surface area contributed by atoms with Crippen LogP contribution in [0.5, 0.6) is 0 Å². The lowest BCUT2D eigenvalue weighted by atomic mass is 9.80. The molecule has 6 nitrogen and oxygen atoms in total. The van der Waals surface area contributed by atoms with Gasteiger partial charge in [0.15, 0.2) is 0 Å². The minimum Gasteiger partial charge on any atom is -0.478 e. The number of para-hydroxylation sites is 1. The Balaban J connectivity index is 1.91.